The molecular formula is C42H24O2. The molecule has 10 rings (SSSR count). The molecule has 0 spiro atoms. The number of benzene rings is 8. The van der Waals surface area contributed by atoms with Gasteiger partial charge in [-0.15, -0.1) is 0 Å². The van der Waals surface area contributed by atoms with Gasteiger partial charge >= 0.3 is 0 Å². The fourth-order valence-corrected chi connectivity index (χ4v) is 5.65. The number of para-hydroxylation sites is 1. The van der Waals surface area contributed by atoms with Crippen LogP contribution >= 0.6 is 0 Å². The fourth-order valence-electron chi connectivity index (χ4n) is 5.65. The first-order valence-corrected chi connectivity index (χ1v) is 13.1. The van der Waals surface area contributed by atoms with Crippen LogP contribution < -0.4 is 0 Å². The van der Waals surface area contributed by atoms with E-state index in [-0.39, 0.29) is 10.8 Å². The summed E-state index contributed by atoms with van der Waals surface area (Å²) in [4.78, 5) is 0. The van der Waals surface area contributed by atoms with Crippen LogP contribution in [0, 0.1) is 0 Å². The van der Waals surface area contributed by atoms with E-state index < -0.39 is 233 Å². The van der Waals surface area contributed by atoms with Crippen molar-refractivity contribution in [2.24, 2.45) is 0 Å². The summed E-state index contributed by atoms with van der Waals surface area (Å²) in [6.45, 7) is 0. The van der Waals surface area contributed by atoms with Crippen molar-refractivity contribution < 1.29 is 41.7 Å². The van der Waals surface area contributed by atoms with Crippen LogP contribution in [0.3, 0.4) is 0 Å². The predicted molar refractivity (Wildman–Crippen MR) is 184 cm³/mol. The summed E-state index contributed by atoms with van der Waals surface area (Å²) in [6, 6.07) is -19.9. The molecule has 2 aromatic heterocycles. The lowest BCUT2D eigenvalue weighted by atomic mass is 9.84. The van der Waals surface area contributed by atoms with E-state index in [1.165, 1.54) is 0 Å². The number of hydrogen-bond donors (Lipinski definition) is 0. The Hall–Kier alpha value is -5.86. The Balaban J connectivity index is 1.54. The topological polar surface area (TPSA) is 26.3 Å². The standard InChI is InChI=1S/C42H24O2/c1-2-11-26-22-27(21-20-25(26)10-1)40-29-13-3-5-15-31(29)41(32-16-6-4-14-30(32)40)33-17-9-19-37-42(33)35-24-38-34(23-39(35)44-37)28-12-7-8-18-36(28)43-38/h1-24H/i1D,2D,3D,4D,5D,6D,7D,8D,9D,10D,11D,12D,13D,14D,15D,16D,17D,18D,19D,20D,21D,22D,23D,24D. The molecule has 0 saturated carbocycles. The number of rotatable bonds is 2. The molecule has 0 unspecified atom stereocenters. The van der Waals surface area contributed by atoms with Gasteiger partial charge < -0.3 is 8.83 Å². The van der Waals surface area contributed by atoms with Gasteiger partial charge in [0.2, 0.25) is 0 Å². The van der Waals surface area contributed by atoms with Crippen molar-refractivity contribution in [2.75, 3.05) is 0 Å². The summed E-state index contributed by atoms with van der Waals surface area (Å²) in [6.07, 6.45) is 0. The van der Waals surface area contributed by atoms with Crippen LogP contribution in [0.2, 0.25) is 0 Å². The van der Waals surface area contributed by atoms with E-state index in [4.69, 9.17) is 29.4 Å². The molecule has 0 amide bonds. The van der Waals surface area contributed by atoms with Crippen molar-refractivity contribution in [3.63, 3.8) is 0 Å². The van der Waals surface area contributed by atoms with Crippen molar-refractivity contribution >= 4 is 76.2 Å². The van der Waals surface area contributed by atoms with Gasteiger partial charge in [0.25, 0.3) is 0 Å². The molecule has 0 fully saturated rings. The smallest absolute Gasteiger partial charge is 0.136 e. The first-order valence-electron chi connectivity index (χ1n) is 25.1. The quantitative estimate of drug-likeness (QED) is 0.189. The second kappa shape index (κ2) is 8.82. The highest BCUT2D eigenvalue weighted by Gasteiger charge is 2.21. The van der Waals surface area contributed by atoms with E-state index in [9.17, 15) is 12.3 Å². The Morgan fingerprint density at radius 1 is 0.364 bits per heavy atom. The Labute approximate surface area is 286 Å². The van der Waals surface area contributed by atoms with Crippen LogP contribution in [-0.2, 0) is 0 Å². The Morgan fingerprint density at radius 3 is 1.70 bits per heavy atom. The summed E-state index contributed by atoms with van der Waals surface area (Å²) in [5.41, 5.74) is -4.64. The molecule has 0 saturated heterocycles. The zero-order chi connectivity index (χ0) is 49.7. The van der Waals surface area contributed by atoms with Crippen molar-refractivity contribution in [1.82, 2.24) is 0 Å². The van der Waals surface area contributed by atoms with Crippen LogP contribution in [0.4, 0.5) is 0 Å². The lowest BCUT2D eigenvalue weighted by Gasteiger charge is -2.18. The molecule has 204 valence electrons. The maximum Gasteiger partial charge on any atom is 0.136 e. The van der Waals surface area contributed by atoms with E-state index >= 15 is 0 Å². The van der Waals surface area contributed by atoms with Crippen molar-refractivity contribution in [3.05, 3.63) is 145 Å². The van der Waals surface area contributed by atoms with Gasteiger partial charge in [-0.2, -0.15) is 0 Å². The molecule has 0 N–H and O–H groups in total. The van der Waals surface area contributed by atoms with E-state index in [0.29, 0.717) is 0 Å². The highest BCUT2D eigenvalue weighted by molar-refractivity contribution is 6.26. The molecule has 0 bridgehead atoms. The number of fused-ring (bicyclic) bond motifs is 9. The molecule has 2 nitrogen and oxygen atoms in total. The molecule has 8 aromatic carbocycles. The normalized spacial score (nSPS) is 19.7. The molecule has 2 heterocycles. The maximum absolute atomic E-state index is 9.53. The second-order valence-corrected chi connectivity index (χ2v) is 9.77. The average Bonchev–Trinajstić information content (AvgIpc) is 3.92. The summed E-state index contributed by atoms with van der Waals surface area (Å²) in [5.74, 6) is 0. The number of hydrogen-bond acceptors (Lipinski definition) is 2. The minimum atomic E-state index is -0.942. The Kier molecular flexibility index (Phi) is 2.08. The van der Waals surface area contributed by atoms with Gasteiger partial charge in [0, 0.05) is 21.5 Å². The molecule has 0 atom stereocenters. The SMILES string of the molecule is [2H]c1c([2H])c([2H])c2c(oc3c([2H])c4c(oc5c([2H])c([2H])c([2H])c(-c6c7c([2H])c([2H])c([2H])c([2H])c7c(-c7c([2H])c([2H])c8c([2H])c([2H])c([2H])c([2H])c8c7[2H])c7c([2H])c([2H])c([2H])c([2H])c67)c54)c([2H])c32)c1[2H]. The number of furan rings is 2. The zero-order valence-corrected chi connectivity index (χ0v) is 21.8. The zero-order valence-electron chi connectivity index (χ0n) is 45.8. The first-order chi connectivity index (χ1) is 31.8. The highest BCUT2D eigenvalue weighted by atomic mass is 16.3. The third kappa shape index (κ3) is 3.25. The van der Waals surface area contributed by atoms with Crippen LogP contribution in [0.5, 0.6) is 0 Å². The highest BCUT2D eigenvalue weighted by Crippen LogP contribution is 2.47. The van der Waals surface area contributed by atoms with Crippen molar-refractivity contribution in [2.45, 2.75) is 0 Å². The fraction of sp³-hybridized carbons (Fsp3) is 0. The van der Waals surface area contributed by atoms with Gasteiger partial charge in [-0.25, -0.2) is 0 Å². The van der Waals surface area contributed by atoms with Crippen LogP contribution in [-0.4, -0.2) is 0 Å². The summed E-state index contributed by atoms with van der Waals surface area (Å²) in [5, 5.41) is -5.27. The van der Waals surface area contributed by atoms with Crippen LogP contribution in [0.25, 0.3) is 98.4 Å². The van der Waals surface area contributed by atoms with Crippen LogP contribution in [0.15, 0.2) is 154 Å². The minimum absolute atomic E-state index is 0.289. The molecule has 44 heavy (non-hydrogen) atoms. The van der Waals surface area contributed by atoms with Gasteiger partial charge in [0.15, 0.2) is 0 Å². The van der Waals surface area contributed by atoms with Crippen LogP contribution in [0.1, 0.15) is 32.9 Å². The molecule has 0 aliphatic rings. The second-order valence-electron chi connectivity index (χ2n) is 9.77. The van der Waals surface area contributed by atoms with Gasteiger partial charge in [0.1, 0.15) is 22.3 Å². The summed E-state index contributed by atoms with van der Waals surface area (Å²) < 4.78 is 227. The summed E-state index contributed by atoms with van der Waals surface area (Å²) >= 11 is 0. The van der Waals surface area contributed by atoms with Gasteiger partial charge in [0.05, 0.1) is 32.9 Å². The molecule has 2 heteroatoms. The monoisotopic (exact) mass is 584 g/mol. The Bertz CT molecular complexity index is 4050. The van der Waals surface area contributed by atoms with E-state index in [1.807, 2.05) is 0 Å². The average molecular weight is 585 g/mol. The van der Waals surface area contributed by atoms with Crippen molar-refractivity contribution in [3.8, 4) is 22.3 Å². The molecule has 0 aliphatic heterocycles. The molecular weight excluding hydrogens is 536 g/mol. The van der Waals surface area contributed by atoms with E-state index in [1.54, 1.807) is 0 Å². The lowest BCUT2D eigenvalue weighted by molar-refractivity contribution is 0.664. The first kappa shape index (κ1) is 10.4. The lowest BCUT2D eigenvalue weighted by Crippen LogP contribution is -1.91. The minimum Gasteiger partial charge on any atom is -0.456 e. The van der Waals surface area contributed by atoms with Gasteiger partial charge in [-0.1, -0.05) is 115 Å². The third-order valence-electron chi connectivity index (χ3n) is 7.46. The maximum atomic E-state index is 9.53. The predicted octanol–water partition coefficient (Wildman–Crippen LogP) is 12.3. The molecule has 0 aliphatic carbocycles. The molecule has 0 radical (unpaired) electrons. The van der Waals surface area contributed by atoms with E-state index in [0.717, 1.165) is 0 Å². The van der Waals surface area contributed by atoms with Gasteiger partial charge in [-0.3, -0.25) is 0 Å². The van der Waals surface area contributed by atoms with Crippen molar-refractivity contribution in [1.29, 1.82) is 0 Å². The Morgan fingerprint density at radius 2 is 0.932 bits per heavy atom. The van der Waals surface area contributed by atoms with E-state index in [2.05, 4.69) is 0 Å². The largest absolute Gasteiger partial charge is 0.456 e. The molecule has 10 aromatic rings. The summed E-state index contributed by atoms with van der Waals surface area (Å²) in [7, 11) is 0. The third-order valence-corrected chi connectivity index (χ3v) is 7.46. The van der Waals surface area contributed by atoms with Gasteiger partial charge in [-0.05, 0) is 84.8 Å².